The van der Waals surface area contributed by atoms with Gasteiger partial charge in [0.1, 0.15) is 12.4 Å². The predicted octanol–water partition coefficient (Wildman–Crippen LogP) is 8.47. The van der Waals surface area contributed by atoms with Gasteiger partial charge >= 0.3 is 5.97 Å². The van der Waals surface area contributed by atoms with Crippen LogP contribution in [0.15, 0.2) is 115 Å². The third kappa shape index (κ3) is 4.55. The Balaban J connectivity index is 1.47. The third-order valence-electron chi connectivity index (χ3n) is 7.38. The van der Waals surface area contributed by atoms with Crippen LogP contribution in [0.2, 0.25) is 0 Å². The molecule has 39 heavy (non-hydrogen) atoms. The van der Waals surface area contributed by atoms with Crippen molar-refractivity contribution in [2.45, 2.75) is 19.9 Å². The number of ether oxygens (including phenoxy) is 1. The fourth-order valence-electron chi connectivity index (χ4n) is 5.54. The number of aromatic nitrogens is 1. The second kappa shape index (κ2) is 10.5. The molecule has 0 amide bonds. The maximum absolute atomic E-state index is 12.1. The zero-order valence-corrected chi connectivity index (χ0v) is 21.8. The van der Waals surface area contributed by atoms with Crippen molar-refractivity contribution in [2.75, 3.05) is 6.61 Å². The third-order valence-corrected chi connectivity index (χ3v) is 7.38. The maximum atomic E-state index is 12.1. The second-order valence-electron chi connectivity index (χ2n) is 9.62. The van der Waals surface area contributed by atoms with E-state index in [1.54, 1.807) is 12.1 Å². The molecular formula is C35H29NO3. The minimum absolute atomic E-state index is 0.298. The molecule has 1 N–H and O–H groups in total. The zero-order chi connectivity index (χ0) is 26.8. The average Bonchev–Trinajstić information content (AvgIpc) is 3.36. The molecule has 6 rings (SSSR count). The number of carboxylic acids is 1. The molecule has 192 valence electrons. The molecule has 0 saturated heterocycles. The number of hydrogen-bond donors (Lipinski definition) is 1. The minimum atomic E-state index is -0.930. The van der Waals surface area contributed by atoms with Gasteiger partial charge < -0.3 is 14.4 Å². The lowest BCUT2D eigenvalue weighted by atomic mass is 9.91. The Hall–Kier alpha value is -4.83. The Morgan fingerprint density at radius 3 is 2.28 bits per heavy atom. The van der Waals surface area contributed by atoms with Crippen molar-refractivity contribution in [3.8, 4) is 28.0 Å². The van der Waals surface area contributed by atoms with Crippen LogP contribution < -0.4 is 4.74 Å². The van der Waals surface area contributed by atoms with E-state index < -0.39 is 5.97 Å². The average molecular weight is 512 g/mol. The normalized spacial score (nSPS) is 11.2. The van der Waals surface area contributed by atoms with E-state index in [2.05, 4.69) is 66.2 Å². The number of aryl methyl sites for hydroxylation is 1. The van der Waals surface area contributed by atoms with Gasteiger partial charge in [0.05, 0.1) is 12.1 Å². The Labute approximate surface area is 227 Å². The van der Waals surface area contributed by atoms with E-state index in [9.17, 15) is 9.90 Å². The van der Waals surface area contributed by atoms with Crippen LogP contribution >= 0.6 is 0 Å². The van der Waals surface area contributed by atoms with E-state index >= 15 is 0 Å². The summed E-state index contributed by atoms with van der Waals surface area (Å²) in [5.74, 6) is -0.0572. The highest BCUT2D eigenvalue weighted by Crippen LogP contribution is 2.40. The number of nitrogens with zero attached hydrogens (tertiary/aromatic N) is 1. The van der Waals surface area contributed by atoms with Crippen molar-refractivity contribution in [2.24, 2.45) is 0 Å². The molecule has 1 heterocycles. The molecule has 0 aliphatic carbocycles. The number of hydrogen-bond acceptors (Lipinski definition) is 2. The summed E-state index contributed by atoms with van der Waals surface area (Å²) >= 11 is 0. The molecule has 4 nitrogen and oxygen atoms in total. The lowest BCUT2D eigenvalue weighted by molar-refractivity contribution is 0.0697. The molecule has 0 fully saturated rings. The summed E-state index contributed by atoms with van der Waals surface area (Å²) in [5, 5.41) is 13.3. The Morgan fingerprint density at radius 1 is 0.744 bits per heavy atom. The monoisotopic (exact) mass is 511 g/mol. The minimum Gasteiger partial charge on any atom is -0.491 e. The van der Waals surface area contributed by atoms with Crippen LogP contribution in [0.1, 0.15) is 22.8 Å². The van der Waals surface area contributed by atoms with E-state index in [4.69, 9.17) is 4.74 Å². The van der Waals surface area contributed by atoms with E-state index in [1.807, 2.05) is 48.5 Å². The van der Waals surface area contributed by atoms with Crippen molar-refractivity contribution < 1.29 is 14.6 Å². The molecule has 4 heteroatoms. The van der Waals surface area contributed by atoms with Crippen molar-refractivity contribution in [1.29, 1.82) is 0 Å². The van der Waals surface area contributed by atoms with Crippen molar-refractivity contribution >= 4 is 27.6 Å². The number of carbonyl (C=O) groups is 1. The highest BCUT2D eigenvalue weighted by atomic mass is 16.5. The molecule has 6 aromatic rings. The highest BCUT2D eigenvalue weighted by molar-refractivity contribution is 6.09. The molecule has 0 radical (unpaired) electrons. The smallest absolute Gasteiger partial charge is 0.336 e. The van der Waals surface area contributed by atoms with Crippen LogP contribution in [0.25, 0.3) is 43.9 Å². The van der Waals surface area contributed by atoms with Crippen LogP contribution in [0.5, 0.6) is 5.75 Å². The molecule has 0 spiro atoms. The highest BCUT2D eigenvalue weighted by Gasteiger charge is 2.20. The first-order valence-corrected chi connectivity index (χ1v) is 13.3. The quantitative estimate of drug-likeness (QED) is 0.223. The van der Waals surface area contributed by atoms with Crippen LogP contribution in [0.3, 0.4) is 0 Å². The molecule has 0 atom stereocenters. The lowest BCUT2D eigenvalue weighted by Crippen LogP contribution is -2.07. The Bertz CT molecular complexity index is 1810. The first-order chi connectivity index (χ1) is 19.2. The van der Waals surface area contributed by atoms with Gasteiger partial charge in [-0.1, -0.05) is 97.9 Å². The first kappa shape index (κ1) is 24.5. The van der Waals surface area contributed by atoms with Crippen LogP contribution in [0, 0.1) is 0 Å². The SMILES string of the molecule is CCc1ccccc1-c1cn(CCOc2cccc3ccccc23)c2cccc(-c3ccccc3C(=O)O)c12. The summed E-state index contributed by atoms with van der Waals surface area (Å²) in [7, 11) is 0. The summed E-state index contributed by atoms with van der Waals surface area (Å²) in [6.45, 7) is 3.32. The number of fused-ring (bicyclic) bond motifs is 2. The Morgan fingerprint density at radius 2 is 1.44 bits per heavy atom. The summed E-state index contributed by atoms with van der Waals surface area (Å²) in [4.78, 5) is 12.1. The van der Waals surface area contributed by atoms with Gasteiger partial charge in [-0.2, -0.15) is 0 Å². The largest absolute Gasteiger partial charge is 0.491 e. The molecule has 5 aromatic carbocycles. The molecule has 0 saturated carbocycles. The molecule has 0 aliphatic heterocycles. The number of aromatic carboxylic acids is 1. The van der Waals surface area contributed by atoms with Crippen molar-refractivity contribution in [1.82, 2.24) is 4.57 Å². The molecular weight excluding hydrogens is 482 g/mol. The predicted molar refractivity (Wildman–Crippen MR) is 159 cm³/mol. The summed E-state index contributed by atoms with van der Waals surface area (Å²) in [6.07, 6.45) is 3.10. The molecule has 1 aromatic heterocycles. The number of rotatable bonds is 8. The van der Waals surface area contributed by atoms with Crippen molar-refractivity contribution in [3.63, 3.8) is 0 Å². The van der Waals surface area contributed by atoms with E-state index in [0.29, 0.717) is 18.7 Å². The summed E-state index contributed by atoms with van der Waals surface area (Å²) in [5.41, 5.74) is 6.50. The van der Waals surface area contributed by atoms with Gasteiger partial charge in [-0.05, 0) is 52.3 Å². The van der Waals surface area contributed by atoms with Gasteiger partial charge in [-0.25, -0.2) is 4.79 Å². The fraction of sp³-hybridized carbons (Fsp3) is 0.114. The molecule has 0 unspecified atom stereocenters. The standard InChI is InChI=1S/C35H29NO3/c1-2-24-11-3-5-14-26(24)31-23-36(21-22-39-33-20-9-13-25-12-4-6-15-27(25)33)32-19-10-18-29(34(31)32)28-16-7-8-17-30(28)35(37)38/h3-20,23H,2,21-22H2,1H3,(H,37,38). The van der Waals surface area contributed by atoms with E-state index in [0.717, 1.165) is 50.5 Å². The van der Waals surface area contributed by atoms with E-state index in [1.165, 1.54) is 11.1 Å². The van der Waals surface area contributed by atoms with Gasteiger partial charge in [0.2, 0.25) is 0 Å². The fourth-order valence-corrected chi connectivity index (χ4v) is 5.54. The molecule has 0 aliphatic rings. The van der Waals surface area contributed by atoms with Crippen LogP contribution in [-0.4, -0.2) is 22.2 Å². The second-order valence-corrected chi connectivity index (χ2v) is 9.62. The lowest BCUT2D eigenvalue weighted by Gasteiger charge is -2.12. The first-order valence-electron chi connectivity index (χ1n) is 13.3. The summed E-state index contributed by atoms with van der Waals surface area (Å²) < 4.78 is 8.53. The van der Waals surface area contributed by atoms with Crippen LogP contribution in [-0.2, 0) is 13.0 Å². The number of benzene rings is 5. The Kier molecular flexibility index (Phi) is 6.60. The van der Waals surface area contributed by atoms with Gasteiger partial charge in [0, 0.05) is 28.0 Å². The van der Waals surface area contributed by atoms with Gasteiger partial charge in [-0.3, -0.25) is 0 Å². The topological polar surface area (TPSA) is 51.5 Å². The number of carboxylic acid groups (broad SMARTS) is 1. The van der Waals surface area contributed by atoms with Gasteiger partial charge in [0.15, 0.2) is 0 Å². The van der Waals surface area contributed by atoms with Crippen LogP contribution in [0.4, 0.5) is 0 Å². The molecule has 0 bridgehead atoms. The summed E-state index contributed by atoms with van der Waals surface area (Å²) in [6, 6.07) is 36.2. The van der Waals surface area contributed by atoms with Crippen molar-refractivity contribution in [3.05, 3.63) is 127 Å². The van der Waals surface area contributed by atoms with Gasteiger partial charge in [-0.15, -0.1) is 0 Å². The van der Waals surface area contributed by atoms with Gasteiger partial charge in [0.25, 0.3) is 0 Å². The van der Waals surface area contributed by atoms with E-state index in [-0.39, 0.29) is 0 Å². The zero-order valence-electron chi connectivity index (χ0n) is 21.8. The maximum Gasteiger partial charge on any atom is 0.336 e.